The Balaban J connectivity index is 5.04. The minimum Gasteiger partial charge on any atom is -0.397 e. The minimum atomic E-state index is -4.67. The van der Waals surface area contributed by atoms with Gasteiger partial charge >= 0.3 is 31.0 Å². The molecule has 0 spiro atoms. The number of phosphoric acid groups is 3. The van der Waals surface area contributed by atoms with Gasteiger partial charge in [-0.15, -0.1) is 0 Å². The SMILES string of the molecule is BBC(COP(=O)(O)O)CC(C)(CC)OP(=O)(O)OCCC(C)(CC)OP(=O)(O)OCC(BF)CO. The molecule has 0 amide bonds. The highest BCUT2D eigenvalue weighted by Gasteiger charge is 2.39. The largest absolute Gasteiger partial charge is 0.472 e. The summed E-state index contributed by atoms with van der Waals surface area (Å²) in [6.07, 6.45) is 0.524. The Bertz CT molecular complexity index is 790. The summed E-state index contributed by atoms with van der Waals surface area (Å²) in [5.74, 6) is -1.35. The summed E-state index contributed by atoms with van der Waals surface area (Å²) in [4.78, 5) is 38.0. The fourth-order valence-electron chi connectivity index (χ4n) is 3.00. The molecule has 0 aliphatic heterocycles. The lowest BCUT2D eigenvalue weighted by molar-refractivity contribution is -0.00146. The number of rotatable bonds is 21. The molecule has 212 valence electrons. The van der Waals surface area contributed by atoms with E-state index < -0.39 is 61.3 Å². The molecule has 13 nitrogen and oxygen atoms in total. The summed E-state index contributed by atoms with van der Waals surface area (Å²) in [6.45, 7) is 4.62. The van der Waals surface area contributed by atoms with E-state index in [0.29, 0.717) is 7.17 Å². The smallest absolute Gasteiger partial charge is 0.397 e. The Kier molecular flexibility index (Phi) is 16.0. The zero-order chi connectivity index (χ0) is 28.3. The van der Waals surface area contributed by atoms with Crippen LogP contribution in [0, 0.1) is 0 Å². The number of phosphoric ester groups is 3. The van der Waals surface area contributed by atoms with Gasteiger partial charge in [-0.3, -0.25) is 22.6 Å². The summed E-state index contributed by atoms with van der Waals surface area (Å²) in [5, 5.41) is 8.97. The molecule has 6 unspecified atom stereocenters. The highest BCUT2D eigenvalue weighted by atomic mass is 31.2. The van der Waals surface area contributed by atoms with Gasteiger partial charge in [-0.25, -0.2) is 13.7 Å². The molecule has 0 aromatic rings. The average Bonchev–Trinajstić information content (AvgIpc) is 2.75. The van der Waals surface area contributed by atoms with Gasteiger partial charge in [-0.1, -0.05) is 13.8 Å². The second-order valence-electron chi connectivity index (χ2n) is 9.07. The van der Waals surface area contributed by atoms with Crippen LogP contribution < -0.4 is 0 Å². The molecule has 0 fully saturated rings. The third-order valence-electron chi connectivity index (χ3n) is 5.78. The van der Waals surface area contributed by atoms with Crippen molar-refractivity contribution in [3.05, 3.63) is 0 Å². The molecular formula is C16H39B3FO13P3. The molecule has 0 aliphatic carbocycles. The Morgan fingerprint density at radius 1 is 0.889 bits per heavy atom. The molecule has 0 rings (SSSR count). The van der Waals surface area contributed by atoms with Crippen LogP contribution in [0.5, 0.6) is 0 Å². The van der Waals surface area contributed by atoms with E-state index in [-0.39, 0.29) is 44.7 Å². The van der Waals surface area contributed by atoms with Gasteiger partial charge in [0.15, 0.2) is 0 Å². The number of aliphatic hydroxyl groups is 1. The van der Waals surface area contributed by atoms with Crippen molar-refractivity contribution in [1.82, 2.24) is 0 Å². The first kappa shape index (κ1) is 36.4. The molecule has 0 aromatic carbocycles. The first-order valence-corrected chi connectivity index (χ1v) is 16.1. The number of hydrogen-bond donors (Lipinski definition) is 5. The van der Waals surface area contributed by atoms with Crippen LogP contribution in [0.1, 0.15) is 53.4 Å². The lowest BCUT2D eigenvalue weighted by atomic mass is 9.46. The molecule has 20 heteroatoms. The zero-order valence-corrected chi connectivity index (χ0v) is 24.1. The molecule has 0 heterocycles. The Morgan fingerprint density at radius 3 is 1.83 bits per heavy atom. The number of hydrogen-bond acceptors (Lipinski definition) is 9. The van der Waals surface area contributed by atoms with Crippen LogP contribution in [0.4, 0.5) is 4.32 Å². The van der Waals surface area contributed by atoms with Crippen molar-refractivity contribution >= 4 is 45.9 Å². The van der Waals surface area contributed by atoms with Crippen molar-refractivity contribution in [3.63, 3.8) is 0 Å². The van der Waals surface area contributed by atoms with Gasteiger partial charge in [0, 0.05) is 18.8 Å². The van der Waals surface area contributed by atoms with Crippen LogP contribution in [0.3, 0.4) is 0 Å². The second kappa shape index (κ2) is 15.9. The van der Waals surface area contributed by atoms with Crippen LogP contribution in [0.15, 0.2) is 0 Å². The van der Waals surface area contributed by atoms with Crippen molar-refractivity contribution < 1.29 is 65.3 Å². The molecule has 36 heavy (non-hydrogen) atoms. The monoisotopic (exact) mass is 584 g/mol. The van der Waals surface area contributed by atoms with Crippen molar-refractivity contribution in [2.75, 3.05) is 26.4 Å². The topological polar surface area (TPSA) is 199 Å². The first-order chi connectivity index (χ1) is 16.4. The van der Waals surface area contributed by atoms with Crippen LogP contribution in [-0.2, 0) is 36.3 Å². The maximum atomic E-state index is 12.7. The lowest BCUT2D eigenvalue weighted by Crippen LogP contribution is -2.32. The maximum absolute atomic E-state index is 12.7. The van der Waals surface area contributed by atoms with Crippen molar-refractivity contribution in [3.8, 4) is 0 Å². The van der Waals surface area contributed by atoms with E-state index in [4.69, 9.17) is 33.0 Å². The highest BCUT2D eigenvalue weighted by molar-refractivity contribution is 7.47. The predicted octanol–water partition coefficient (Wildman–Crippen LogP) is 1.36. The van der Waals surface area contributed by atoms with Crippen LogP contribution in [0.2, 0.25) is 11.6 Å². The van der Waals surface area contributed by atoms with Gasteiger partial charge in [-0.2, -0.15) is 0 Å². The first-order valence-electron chi connectivity index (χ1n) is 11.6. The Morgan fingerprint density at radius 2 is 1.39 bits per heavy atom. The van der Waals surface area contributed by atoms with Crippen molar-refractivity contribution in [1.29, 1.82) is 0 Å². The van der Waals surface area contributed by atoms with Crippen molar-refractivity contribution in [2.45, 2.75) is 76.2 Å². The summed E-state index contributed by atoms with van der Waals surface area (Å²) >= 11 is 0. The third kappa shape index (κ3) is 15.7. The van der Waals surface area contributed by atoms with E-state index in [1.54, 1.807) is 28.5 Å². The Hall–Kier alpha value is 0.415. The van der Waals surface area contributed by atoms with E-state index >= 15 is 0 Å². The summed E-state index contributed by atoms with van der Waals surface area (Å²) in [7, 11) is -12.6. The normalized spacial score (nSPS) is 20.8. The van der Waals surface area contributed by atoms with Crippen LogP contribution >= 0.6 is 23.5 Å². The summed E-state index contributed by atoms with van der Waals surface area (Å²) in [5.41, 5.74) is -2.49. The van der Waals surface area contributed by atoms with Gasteiger partial charge < -0.3 is 29.0 Å². The highest BCUT2D eigenvalue weighted by Crippen LogP contribution is 2.52. The van der Waals surface area contributed by atoms with Gasteiger partial charge in [-0.05, 0) is 38.9 Å². The second-order valence-corrected chi connectivity index (χ2v) is 13.1. The molecular weight excluding hydrogens is 545 g/mol. The van der Waals surface area contributed by atoms with E-state index in [1.807, 2.05) is 0 Å². The van der Waals surface area contributed by atoms with Gasteiger partial charge in [0.05, 0.1) is 45.9 Å². The number of halogens is 1. The zero-order valence-electron chi connectivity index (χ0n) is 21.4. The molecule has 0 radical (unpaired) electrons. The van der Waals surface area contributed by atoms with Gasteiger partial charge in [0.1, 0.15) is 0 Å². The van der Waals surface area contributed by atoms with Crippen LogP contribution in [0.25, 0.3) is 0 Å². The van der Waals surface area contributed by atoms with Crippen LogP contribution in [-0.4, -0.2) is 84.8 Å². The van der Waals surface area contributed by atoms with E-state index in [2.05, 4.69) is 4.52 Å². The number of aliphatic hydroxyl groups excluding tert-OH is 1. The molecule has 0 bridgehead atoms. The fourth-order valence-corrected chi connectivity index (χ4v) is 5.77. The lowest BCUT2D eigenvalue weighted by Gasteiger charge is -2.34. The minimum absolute atomic E-state index is 0.103. The molecule has 0 aliphatic rings. The Labute approximate surface area is 214 Å². The standard InChI is InChI=1S/C16H39B3FO13P3/c1-5-15(3,32-36(27,28)31-12-14(10-21)19-20)7-8-29-35(25,26)33-16(4,6-2)9-13(18-17)11-30-34(22,23)24/h13-14,18-19,21H,5-12,17H2,1-4H3,(H,25,26)(H,27,28)(H2,22,23,24). The van der Waals surface area contributed by atoms with E-state index in [1.165, 1.54) is 6.92 Å². The van der Waals surface area contributed by atoms with Gasteiger partial charge in [0.25, 0.3) is 0 Å². The quantitative estimate of drug-likeness (QED) is 0.0959. The average molecular weight is 584 g/mol. The molecule has 6 atom stereocenters. The third-order valence-corrected chi connectivity index (χ3v) is 8.59. The van der Waals surface area contributed by atoms with Crippen molar-refractivity contribution in [2.24, 2.45) is 0 Å². The van der Waals surface area contributed by atoms with E-state index in [9.17, 15) is 27.8 Å². The fraction of sp³-hybridized carbons (Fsp3) is 1.00. The molecule has 0 saturated carbocycles. The maximum Gasteiger partial charge on any atom is 0.472 e. The summed E-state index contributed by atoms with van der Waals surface area (Å²) in [6, 6.07) is 0. The molecule has 0 saturated heterocycles. The predicted molar refractivity (Wildman–Crippen MR) is 137 cm³/mol. The van der Waals surface area contributed by atoms with Gasteiger partial charge in [0.2, 0.25) is 0 Å². The molecule has 5 N–H and O–H groups in total. The molecule has 0 aromatic heterocycles. The summed E-state index contributed by atoms with van der Waals surface area (Å²) < 4.78 is 73.4. The van der Waals surface area contributed by atoms with E-state index in [0.717, 1.165) is 0 Å².